The van der Waals surface area contributed by atoms with E-state index in [-0.39, 0.29) is 5.91 Å². The Balaban J connectivity index is 2.49. The molecule has 9 heavy (non-hydrogen) atoms. The topological polar surface area (TPSA) is 20.3 Å². The highest BCUT2D eigenvalue weighted by Gasteiger charge is 2.16. The van der Waals surface area contributed by atoms with Crippen molar-refractivity contribution in [3.63, 3.8) is 0 Å². The van der Waals surface area contributed by atoms with Crippen molar-refractivity contribution in [2.75, 3.05) is 6.54 Å². The average Bonchev–Trinajstić information content (AvgIpc) is 2.18. The molecule has 2 nitrogen and oxygen atoms in total. The van der Waals surface area contributed by atoms with Gasteiger partial charge in [0.25, 0.3) is 0 Å². The fourth-order valence-electron chi connectivity index (χ4n) is 1.01. The van der Waals surface area contributed by atoms with Crippen LogP contribution in [0.1, 0.15) is 12.8 Å². The second-order valence-electron chi connectivity index (χ2n) is 2.17. The smallest absolute Gasteiger partial charge is 0.248 e. The van der Waals surface area contributed by atoms with Crippen molar-refractivity contribution in [3.05, 3.63) is 11.1 Å². The first-order valence-corrected chi connectivity index (χ1v) is 4.42. The average molecular weight is 139 g/mol. The molecule has 1 fully saturated rings. The van der Waals surface area contributed by atoms with Crippen LogP contribution in [0.4, 0.5) is 0 Å². The monoisotopic (exact) mass is 139 g/mol. The third-order valence-electron chi connectivity index (χ3n) is 1.44. The van der Waals surface area contributed by atoms with Gasteiger partial charge in [-0.15, -0.1) is 4.94 Å². The minimum atomic E-state index is 0.280. The lowest BCUT2D eigenvalue weighted by atomic mass is 10.4. The Labute approximate surface area is 63.0 Å². The molecule has 0 aromatic rings. The molecule has 0 bridgehead atoms. The van der Waals surface area contributed by atoms with Crippen molar-refractivity contribution >= 4 is 22.2 Å². The fraction of sp³-hybridized carbons (Fsp3) is 0.500. The van der Waals surface area contributed by atoms with Crippen molar-refractivity contribution in [3.8, 4) is 0 Å². The van der Waals surface area contributed by atoms with E-state index in [1.807, 2.05) is 11.1 Å². The molecule has 0 aliphatic carbocycles. The van der Waals surface area contributed by atoms with Gasteiger partial charge in [-0.2, -0.15) is 0 Å². The van der Waals surface area contributed by atoms with Crippen LogP contribution in [-0.2, 0) is 4.79 Å². The number of amides is 1. The summed E-state index contributed by atoms with van der Waals surface area (Å²) in [6, 6.07) is 0. The predicted molar refractivity (Wildman–Crippen MR) is 38.6 cm³/mol. The highest BCUT2D eigenvalue weighted by atomic mass is 27.0. The van der Waals surface area contributed by atoms with E-state index in [9.17, 15) is 4.79 Å². The number of nitrogens with zero attached hydrogens (tertiary/aromatic N) is 1. The zero-order valence-electron chi connectivity index (χ0n) is 5.63. The SMILES string of the molecule is O=C1CCCN1/C=[CH]/[AlH2]. The highest BCUT2D eigenvalue weighted by molar-refractivity contribution is 6.17. The van der Waals surface area contributed by atoms with Gasteiger partial charge in [0.2, 0.25) is 22.2 Å². The Kier molecular flexibility index (Phi) is 2.32. The molecule has 1 rings (SSSR count). The summed E-state index contributed by atoms with van der Waals surface area (Å²) in [5.74, 6) is 0.280. The van der Waals surface area contributed by atoms with Crippen molar-refractivity contribution < 1.29 is 4.79 Å². The van der Waals surface area contributed by atoms with Gasteiger partial charge in [-0.25, -0.2) is 0 Å². The summed E-state index contributed by atoms with van der Waals surface area (Å²) in [6.07, 6.45) is 3.68. The van der Waals surface area contributed by atoms with E-state index in [1.165, 1.54) is 0 Å². The van der Waals surface area contributed by atoms with E-state index in [0.717, 1.165) is 35.7 Å². The molecule has 0 spiro atoms. The standard InChI is InChI=1S/C6H8NO.Al.2H/c1-2-7-5-3-4-6(7)8;;;/h1-2H,3-5H2;;;. The molecule has 1 aliphatic heterocycles. The molecular weight excluding hydrogens is 129 g/mol. The first-order valence-electron chi connectivity index (χ1n) is 3.27. The zero-order valence-corrected chi connectivity index (χ0v) is 7.63. The molecule has 0 saturated carbocycles. The molecular formula is C6H10AlNO. The summed E-state index contributed by atoms with van der Waals surface area (Å²) in [6.45, 7) is 0.928. The van der Waals surface area contributed by atoms with Gasteiger partial charge in [0.1, 0.15) is 0 Å². The van der Waals surface area contributed by atoms with Gasteiger partial charge in [0, 0.05) is 13.0 Å². The fourth-order valence-corrected chi connectivity index (χ4v) is 1.37. The molecule has 0 aromatic carbocycles. The minimum absolute atomic E-state index is 0.280. The number of carbonyl (C=O) groups excluding carboxylic acids is 1. The molecule has 48 valence electrons. The summed E-state index contributed by atoms with van der Waals surface area (Å²) >= 11 is 1.04. The molecule has 3 heteroatoms. The van der Waals surface area contributed by atoms with Crippen LogP contribution in [0.5, 0.6) is 0 Å². The van der Waals surface area contributed by atoms with E-state index >= 15 is 0 Å². The van der Waals surface area contributed by atoms with Crippen LogP contribution in [0.15, 0.2) is 11.1 Å². The maximum Gasteiger partial charge on any atom is 0.248 e. The summed E-state index contributed by atoms with van der Waals surface area (Å²) < 4.78 is 0. The molecule has 1 saturated heterocycles. The molecule has 0 N–H and O–H groups in total. The van der Waals surface area contributed by atoms with Crippen molar-refractivity contribution in [1.29, 1.82) is 0 Å². The number of rotatable bonds is 1. The minimum Gasteiger partial charge on any atom is -0.321 e. The molecule has 1 amide bonds. The Morgan fingerprint density at radius 2 is 2.44 bits per heavy atom. The van der Waals surface area contributed by atoms with Crippen LogP contribution in [0.25, 0.3) is 0 Å². The quantitative estimate of drug-likeness (QED) is 0.457. The lowest BCUT2D eigenvalue weighted by Crippen LogP contribution is -2.17. The molecule has 0 atom stereocenters. The molecule has 0 aromatic heterocycles. The van der Waals surface area contributed by atoms with Crippen LogP contribution >= 0.6 is 0 Å². The van der Waals surface area contributed by atoms with E-state index in [2.05, 4.69) is 0 Å². The lowest BCUT2D eigenvalue weighted by Gasteiger charge is -2.06. The maximum absolute atomic E-state index is 10.9. The van der Waals surface area contributed by atoms with Crippen LogP contribution < -0.4 is 0 Å². The number of carbonyl (C=O) groups is 1. The van der Waals surface area contributed by atoms with Gasteiger partial charge in [0.15, 0.2) is 0 Å². The van der Waals surface area contributed by atoms with Gasteiger partial charge in [-0.05, 0) is 12.6 Å². The molecule has 1 aliphatic rings. The molecule has 1 heterocycles. The van der Waals surface area contributed by atoms with E-state index < -0.39 is 0 Å². The second kappa shape index (κ2) is 3.05. The third-order valence-corrected chi connectivity index (χ3v) is 1.74. The Morgan fingerprint density at radius 1 is 1.67 bits per heavy atom. The van der Waals surface area contributed by atoms with Crippen molar-refractivity contribution in [2.45, 2.75) is 12.8 Å². The van der Waals surface area contributed by atoms with E-state index in [4.69, 9.17) is 0 Å². The van der Waals surface area contributed by atoms with Crippen LogP contribution in [0, 0.1) is 0 Å². The van der Waals surface area contributed by atoms with Gasteiger partial charge >= 0.3 is 0 Å². The lowest BCUT2D eigenvalue weighted by molar-refractivity contribution is -0.125. The van der Waals surface area contributed by atoms with Gasteiger partial charge in [-0.1, -0.05) is 0 Å². The van der Waals surface area contributed by atoms with Crippen LogP contribution in [0.2, 0.25) is 0 Å². The predicted octanol–water partition coefficient (Wildman–Crippen LogP) is -0.287. The first kappa shape index (κ1) is 6.86. The van der Waals surface area contributed by atoms with Gasteiger partial charge < -0.3 is 4.90 Å². The molecule has 0 unspecified atom stereocenters. The zero-order chi connectivity index (χ0) is 6.69. The van der Waals surface area contributed by atoms with Crippen molar-refractivity contribution in [2.24, 2.45) is 0 Å². The van der Waals surface area contributed by atoms with Crippen LogP contribution in [-0.4, -0.2) is 33.6 Å². The van der Waals surface area contributed by atoms with Gasteiger partial charge in [-0.3, -0.25) is 4.79 Å². The summed E-state index contributed by atoms with van der Waals surface area (Å²) in [5, 5.41) is 0. The summed E-state index contributed by atoms with van der Waals surface area (Å²) in [4.78, 5) is 14.7. The highest BCUT2D eigenvalue weighted by Crippen LogP contribution is 2.08. The van der Waals surface area contributed by atoms with E-state index in [1.54, 1.807) is 4.90 Å². The Morgan fingerprint density at radius 3 is 2.89 bits per heavy atom. The number of hydrogen-bond donors (Lipinski definition) is 0. The van der Waals surface area contributed by atoms with Crippen LogP contribution in [0.3, 0.4) is 0 Å². The molecule has 0 radical (unpaired) electrons. The largest absolute Gasteiger partial charge is 0.321 e. The normalized spacial score (nSPS) is 20.0. The Hall–Kier alpha value is -0.258. The van der Waals surface area contributed by atoms with Crippen molar-refractivity contribution in [1.82, 2.24) is 4.90 Å². The summed E-state index contributed by atoms with van der Waals surface area (Å²) in [5.41, 5.74) is 0. The maximum atomic E-state index is 10.9. The van der Waals surface area contributed by atoms with E-state index in [0.29, 0.717) is 0 Å². The third kappa shape index (κ3) is 1.57. The second-order valence-corrected chi connectivity index (χ2v) is 2.84. The number of hydrogen-bond acceptors (Lipinski definition) is 1. The summed E-state index contributed by atoms with van der Waals surface area (Å²) in [7, 11) is 0. The van der Waals surface area contributed by atoms with Gasteiger partial charge in [0.05, 0.1) is 0 Å². The Bertz CT molecular complexity index is 144. The first-order chi connectivity index (χ1) is 4.34. The number of likely N-dealkylation sites (tertiary alicyclic amines) is 1.